The number of para-hydroxylation sites is 1. The maximum atomic E-state index is 14.5. The Kier molecular flexibility index (Phi) is 5.21. The van der Waals surface area contributed by atoms with Gasteiger partial charge < -0.3 is 0 Å². The molecule has 0 spiro atoms. The Morgan fingerprint density at radius 2 is 1.59 bits per heavy atom. The third-order valence-corrected chi connectivity index (χ3v) is 5.75. The Hall–Kier alpha value is -3.19. The van der Waals surface area contributed by atoms with E-state index in [2.05, 4.69) is 9.97 Å². The predicted molar refractivity (Wildman–Crippen MR) is 125 cm³/mol. The molecule has 0 N–H and O–H groups in total. The first-order chi connectivity index (χ1) is 15.4. The first-order valence-corrected chi connectivity index (χ1v) is 10.5. The highest BCUT2D eigenvalue weighted by atomic mass is 35.5. The molecule has 5 aromatic rings. The van der Waals surface area contributed by atoms with Gasteiger partial charge in [-0.25, -0.2) is 14.4 Å². The van der Waals surface area contributed by atoms with Crippen molar-refractivity contribution < 1.29 is 4.39 Å². The van der Waals surface area contributed by atoms with Crippen LogP contribution in [0.15, 0.2) is 77.9 Å². The fraction of sp³-hybridized carbons (Fsp3) is 0. The second-order valence-corrected chi connectivity index (χ2v) is 8.19. The van der Waals surface area contributed by atoms with Crippen molar-refractivity contribution in [2.75, 3.05) is 0 Å². The summed E-state index contributed by atoms with van der Waals surface area (Å²) >= 11 is 18.5. The molecule has 0 fully saturated rings. The van der Waals surface area contributed by atoms with Gasteiger partial charge in [0.05, 0.1) is 16.4 Å². The van der Waals surface area contributed by atoms with Gasteiger partial charge in [-0.2, -0.15) is 0 Å². The van der Waals surface area contributed by atoms with Crippen LogP contribution in [0.5, 0.6) is 0 Å². The lowest BCUT2D eigenvalue weighted by atomic mass is 10.2. The summed E-state index contributed by atoms with van der Waals surface area (Å²) in [6, 6.07) is 17.7. The Bertz CT molecular complexity index is 1540. The van der Waals surface area contributed by atoms with E-state index < -0.39 is 11.4 Å². The molecule has 32 heavy (non-hydrogen) atoms. The molecule has 5 nitrogen and oxygen atoms in total. The quantitative estimate of drug-likeness (QED) is 0.300. The van der Waals surface area contributed by atoms with Crippen LogP contribution in [0.25, 0.3) is 33.9 Å². The Balaban J connectivity index is 1.88. The average molecular weight is 486 g/mol. The highest BCUT2D eigenvalue weighted by Crippen LogP contribution is 2.31. The van der Waals surface area contributed by atoms with E-state index in [9.17, 15) is 9.18 Å². The molecule has 3 aromatic carbocycles. The zero-order valence-corrected chi connectivity index (χ0v) is 18.4. The Labute approximate surface area is 196 Å². The molecule has 2 heterocycles. The summed E-state index contributed by atoms with van der Waals surface area (Å²) in [5.74, 6) is -0.223. The number of benzene rings is 3. The number of aromatic nitrogens is 4. The number of imidazole rings is 1. The Morgan fingerprint density at radius 1 is 0.875 bits per heavy atom. The number of rotatable bonds is 3. The van der Waals surface area contributed by atoms with Crippen LogP contribution in [-0.2, 0) is 0 Å². The summed E-state index contributed by atoms with van der Waals surface area (Å²) in [5.41, 5.74) is 1.03. The molecule has 0 radical (unpaired) electrons. The second-order valence-electron chi connectivity index (χ2n) is 6.91. The van der Waals surface area contributed by atoms with Crippen molar-refractivity contribution >= 4 is 46.0 Å². The minimum Gasteiger partial charge on any atom is -0.290 e. The second kappa shape index (κ2) is 8.06. The fourth-order valence-corrected chi connectivity index (χ4v) is 4.10. The molecule has 0 aliphatic rings. The van der Waals surface area contributed by atoms with Gasteiger partial charge in [0, 0.05) is 15.6 Å². The van der Waals surface area contributed by atoms with E-state index in [-0.39, 0.29) is 22.7 Å². The molecule has 0 amide bonds. The van der Waals surface area contributed by atoms with Gasteiger partial charge in [0.2, 0.25) is 0 Å². The normalized spacial score (nSPS) is 11.2. The highest BCUT2D eigenvalue weighted by Gasteiger charge is 2.21. The molecular formula is C23H12Cl3FN4O. The van der Waals surface area contributed by atoms with Gasteiger partial charge in [0.25, 0.3) is 5.56 Å². The average Bonchev–Trinajstić information content (AvgIpc) is 3.19. The Morgan fingerprint density at radius 3 is 2.31 bits per heavy atom. The third kappa shape index (κ3) is 3.46. The molecule has 2 aromatic heterocycles. The maximum Gasteiger partial charge on any atom is 0.285 e. The molecule has 0 unspecified atom stereocenters. The SMILES string of the molecule is O=c1c2c(ncn2-c2ccccc2F)nc(-c2ccc(Cl)cc2Cl)n1-c1ccc(Cl)cc1. The molecule has 158 valence electrons. The van der Waals surface area contributed by atoms with Gasteiger partial charge in [-0.3, -0.25) is 13.9 Å². The standard InChI is InChI=1S/C23H12Cl3FN4O/c24-13-5-8-15(9-6-13)31-22(16-10-7-14(25)11-17(16)26)29-21-20(23(31)32)30(12-28-21)19-4-2-1-3-18(19)27/h1-12H. The largest absolute Gasteiger partial charge is 0.290 e. The van der Waals surface area contributed by atoms with Crippen molar-refractivity contribution in [2.24, 2.45) is 0 Å². The lowest BCUT2D eigenvalue weighted by Crippen LogP contribution is -2.23. The van der Waals surface area contributed by atoms with Crippen LogP contribution in [0.4, 0.5) is 4.39 Å². The molecule has 0 bridgehead atoms. The lowest BCUT2D eigenvalue weighted by Gasteiger charge is -2.14. The van der Waals surface area contributed by atoms with E-state index in [1.807, 2.05) is 0 Å². The van der Waals surface area contributed by atoms with Crippen LogP contribution in [0.1, 0.15) is 0 Å². The zero-order chi connectivity index (χ0) is 22.4. The summed E-state index contributed by atoms with van der Waals surface area (Å²) in [6.45, 7) is 0. The first-order valence-electron chi connectivity index (χ1n) is 9.40. The molecule has 0 atom stereocenters. The zero-order valence-electron chi connectivity index (χ0n) is 16.1. The molecule has 0 aliphatic carbocycles. The number of fused-ring (bicyclic) bond motifs is 1. The number of hydrogen-bond donors (Lipinski definition) is 0. The summed E-state index contributed by atoms with van der Waals surface area (Å²) in [6.07, 6.45) is 1.37. The van der Waals surface area contributed by atoms with Crippen LogP contribution in [0.3, 0.4) is 0 Å². The predicted octanol–water partition coefficient (Wildman–Crippen LogP) is 6.34. The smallest absolute Gasteiger partial charge is 0.285 e. The lowest BCUT2D eigenvalue weighted by molar-refractivity contribution is 0.619. The first kappa shape index (κ1) is 20.7. The molecular weight excluding hydrogens is 474 g/mol. The summed E-state index contributed by atoms with van der Waals surface area (Å²) < 4.78 is 17.3. The van der Waals surface area contributed by atoms with E-state index in [4.69, 9.17) is 34.8 Å². The van der Waals surface area contributed by atoms with Crippen LogP contribution in [0, 0.1) is 5.82 Å². The third-order valence-electron chi connectivity index (χ3n) is 4.95. The van der Waals surface area contributed by atoms with Gasteiger partial charge >= 0.3 is 0 Å². The van der Waals surface area contributed by atoms with Gasteiger partial charge in [0.1, 0.15) is 12.1 Å². The highest BCUT2D eigenvalue weighted by molar-refractivity contribution is 6.36. The van der Waals surface area contributed by atoms with Crippen molar-refractivity contribution in [3.8, 4) is 22.8 Å². The summed E-state index contributed by atoms with van der Waals surface area (Å²) in [5, 5.41) is 1.28. The number of halogens is 4. The molecule has 0 saturated carbocycles. The summed E-state index contributed by atoms with van der Waals surface area (Å²) in [4.78, 5) is 22.7. The van der Waals surface area contributed by atoms with Crippen molar-refractivity contribution in [1.29, 1.82) is 0 Å². The van der Waals surface area contributed by atoms with E-state index in [1.165, 1.54) is 21.5 Å². The van der Waals surface area contributed by atoms with Crippen LogP contribution < -0.4 is 5.56 Å². The van der Waals surface area contributed by atoms with Crippen molar-refractivity contribution in [3.05, 3.63) is 104 Å². The minimum absolute atomic E-state index is 0.124. The van der Waals surface area contributed by atoms with Gasteiger partial charge in [-0.1, -0.05) is 46.9 Å². The van der Waals surface area contributed by atoms with Crippen LogP contribution in [-0.4, -0.2) is 19.1 Å². The van der Waals surface area contributed by atoms with Crippen molar-refractivity contribution in [2.45, 2.75) is 0 Å². The summed E-state index contributed by atoms with van der Waals surface area (Å²) in [7, 11) is 0. The van der Waals surface area contributed by atoms with Crippen molar-refractivity contribution in [1.82, 2.24) is 19.1 Å². The molecule has 0 saturated heterocycles. The molecule has 0 aliphatic heterocycles. The maximum absolute atomic E-state index is 14.5. The van der Waals surface area contributed by atoms with Gasteiger partial charge in [0.15, 0.2) is 17.0 Å². The van der Waals surface area contributed by atoms with E-state index in [1.54, 1.807) is 60.7 Å². The van der Waals surface area contributed by atoms with Gasteiger partial charge in [-0.15, -0.1) is 0 Å². The van der Waals surface area contributed by atoms with E-state index >= 15 is 0 Å². The van der Waals surface area contributed by atoms with E-state index in [0.29, 0.717) is 26.3 Å². The van der Waals surface area contributed by atoms with E-state index in [0.717, 1.165) is 0 Å². The molecule has 9 heteroatoms. The van der Waals surface area contributed by atoms with Gasteiger partial charge in [-0.05, 0) is 54.6 Å². The molecule has 5 rings (SSSR count). The van der Waals surface area contributed by atoms with Crippen LogP contribution in [0.2, 0.25) is 15.1 Å². The topological polar surface area (TPSA) is 52.7 Å². The number of hydrogen-bond acceptors (Lipinski definition) is 3. The van der Waals surface area contributed by atoms with Crippen molar-refractivity contribution in [3.63, 3.8) is 0 Å². The minimum atomic E-state index is -0.492. The fourth-order valence-electron chi connectivity index (χ4n) is 3.48. The number of nitrogens with zero attached hydrogens (tertiary/aromatic N) is 4. The monoisotopic (exact) mass is 484 g/mol. The van der Waals surface area contributed by atoms with Crippen LogP contribution >= 0.6 is 34.8 Å².